The molecule has 4 aromatic carbocycles. The van der Waals surface area contributed by atoms with Crippen LogP contribution in [0, 0.1) is 0 Å². The molecule has 0 unspecified atom stereocenters. The predicted octanol–water partition coefficient (Wildman–Crippen LogP) is 7.33. The highest BCUT2D eigenvalue weighted by Crippen LogP contribution is 2.35. The number of nitrogens with one attached hydrogen (secondary N) is 2. The Morgan fingerprint density at radius 2 is 0.868 bits per heavy atom. The molecule has 0 saturated heterocycles. The Kier molecular flexibility index (Phi) is 8.29. The van der Waals surface area contributed by atoms with Crippen LogP contribution in [0.1, 0.15) is 68.7 Å². The lowest BCUT2D eigenvalue weighted by Crippen LogP contribution is -2.24. The Hall–Kier alpha value is -4.18. The van der Waals surface area contributed by atoms with Gasteiger partial charge in [0, 0.05) is 35.6 Å². The van der Waals surface area contributed by atoms with E-state index in [1.165, 1.54) is 11.1 Å². The third-order valence-corrected chi connectivity index (χ3v) is 7.17. The van der Waals surface area contributed by atoms with E-state index in [2.05, 4.69) is 59.2 Å². The first-order valence-electron chi connectivity index (χ1n) is 13.6. The average molecular weight is 503 g/mol. The topological polar surface area (TPSA) is 58.2 Å². The molecular weight excluding hydrogens is 468 g/mol. The number of aryl methyl sites for hydroxylation is 2. The van der Waals surface area contributed by atoms with Gasteiger partial charge < -0.3 is 10.6 Å². The molecule has 4 nitrogen and oxygen atoms in total. The van der Waals surface area contributed by atoms with Crippen molar-refractivity contribution < 1.29 is 9.59 Å². The fourth-order valence-electron chi connectivity index (χ4n) is 5.18. The average Bonchev–Trinajstić information content (AvgIpc) is 2.96. The number of rotatable bonds is 12. The Balaban J connectivity index is 1.22. The quantitative estimate of drug-likeness (QED) is 0.175. The van der Waals surface area contributed by atoms with Gasteiger partial charge in [-0.25, -0.2) is 0 Å². The number of unbranched alkanes of at least 4 members (excludes halogenated alkanes) is 2. The van der Waals surface area contributed by atoms with Crippen molar-refractivity contribution in [2.75, 3.05) is 23.7 Å². The van der Waals surface area contributed by atoms with Gasteiger partial charge in [0.25, 0.3) is 0 Å². The van der Waals surface area contributed by atoms with Gasteiger partial charge in [0.1, 0.15) is 0 Å². The summed E-state index contributed by atoms with van der Waals surface area (Å²) in [6, 6.07) is 32.0. The molecule has 38 heavy (non-hydrogen) atoms. The summed E-state index contributed by atoms with van der Waals surface area (Å²) in [6.07, 6.45) is 6.14. The summed E-state index contributed by atoms with van der Waals surface area (Å²) in [6.45, 7) is 1.50. The van der Waals surface area contributed by atoms with Crippen LogP contribution in [-0.4, -0.2) is 24.7 Å². The molecule has 0 radical (unpaired) electrons. The minimum absolute atomic E-state index is 0.0882. The number of anilines is 2. The zero-order valence-corrected chi connectivity index (χ0v) is 21.7. The second-order valence-electron chi connectivity index (χ2n) is 9.85. The van der Waals surface area contributed by atoms with Crippen LogP contribution in [-0.2, 0) is 12.8 Å². The Labute approximate surface area is 225 Å². The van der Waals surface area contributed by atoms with Crippen LogP contribution in [0.15, 0.2) is 97.1 Å². The molecule has 0 bridgehead atoms. The molecule has 0 heterocycles. The number of hydrogen-bond donors (Lipinski definition) is 2. The molecule has 0 amide bonds. The van der Waals surface area contributed by atoms with Gasteiger partial charge in [-0.1, -0.05) is 84.9 Å². The minimum Gasteiger partial charge on any atom is -0.384 e. The second kappa shape index (κ2) is 12.4. The van der Waals surface area contributed by atoms with E-state index in [1.807, 2.05) is 36.4 Å². The smallest absolute Gasteiger partial charge is 0.196 e. The Bertz CT molecular complexity index is 1290. The van der Waals surface area contributed by atoms with E-state index >= 15 is 0 Å². The summed E-state index contributed by atoms with van der Waals surface area (Å²) in [5.74, 6) is -0.176. The summed E-state index contributed by atoms with van der Waals surface area (Å²) < 4.78 is 0. The minimum atomic E-state index is -0.0882. The number of carbonyl (C=O) groups is 2. The van der Waals surface area contributed by atoms with Gasteiger partial charge in [-0.3, -0.25) is 9.59 Å². The largest absolute Gasteiger partial charge is 0.384 e. The van der Waals surface area contributed by atoms with Crippen molar-refractivity contribution in [3.8, 4) is 0 Å². The van der Waals surface area contributed by atoms with Crippen LogP contribution in [0.25, 0.3) is 0 Å². The summed E-state index contributed by atoms with van der Waals surface area (Å²) in [4.78, 5) is 27.2. The van der Waals surface area contributed by atoms with Crippen molar-refractivity contribution in [1.29, 1.82) is 0 Å². The van der Waals surface area contributed by atoms with Crippen LogP contribution in [0.5, 0.6) is 0 Å². The van der Waals surface area contributed by atoms with E-state index in [0.29, 0.717) is 22.3 Å². The first-order valence-corrected chi connectivity index (χ1v) is 13.6. The predicted molar refractivity (Wildman–Crippen MR) is 155 cm³/mol. The molecule has 4 heteroatoms. The highest BCUT2D eigenvalue weighted by Gasteiger charge is 2.33. The number of benzene rings is 4. The molecule has 4 aromatic rings. The van der Waals surface area contributed by atoms with E-state index in [1.54, 1.807) is 12.1 Å². The fourth-order valence-corrected chi connectivity index (χ4v) is 5.18. The van der Waals surface area contributed by atoms with Gasteiger partial charge >= 0.3 is 0 Å². The lowest BCUT2D eigenvalue weighted by Gasteiger charge is -2.23. The van der Waals surface area contributed by atoms with Crippen molar-refractivity contribution in [3.05, 3.63) is 130 Å². The van der Waals surface area contributed by atoms with E-state index in [9.17, 15) is 9.59 Å². The third kappa shape index (κ3) is 5.86. The van der Waals surface area contributed by atoms with Crippen LogP contribution < -0.4 is 10.6 Å². The lowest BCUT2D eigenvalue weighted by molar-refractivity contribution is 0.0980. The lowest BCUT2D eigenvalue weighted by atomic mass is 9.82. The summed E-state index contributed by atoms with van der Waals surface area (Å²) >= 11 is 0. The van der Waals surface area contributed by atoms with Gasteiger partial charge in [0.2, 0.25) is 0 Å². The molecule has 0 spiro atoms. The van der Waals surface area contributed by atoms with Crippen LogP contribution in [0.3, 0.4) is 0 Å². The first kappa shape index (κ1) is 25.5. The zero-order valence-electron chi connectivity index (χ0n) is 21.7. The molecule has 2 N–H and O–H groups in total. The monoisotopic (exact) mass is 502 g/mol. The van der Waals surface area contributed by atoms with Crippen molar-refractivity contribution in [1.82, 2.24) is 0 Å². The Morgan fingerprint density at radius 1 is 0.447 bits per heavy atom. The molecule has 0 fully saturated rings. The maximum atomic E-state index is 13.6. The first-order chi connectivity index (χ1) is 18.7. The van der Waals surface area contributed by atoms with Gasteiger partial charge in [-0.15, -0.1) is 0 Å². The summed E-state index contributed by atoms with van der Waals surface area (Å²) in [5.41, 5.74) is 6.10. The van der Waals surface area contributed by atoms with E-state index in [-0.39, 0.29) is 11.6 Å². The normalized spacial score (nSPS) is 12.1. The highest BCUT2D eigenvalue weighted by molar-refractivity contribution is 6.31. The molecule has 0 aliphatic heterocycles. The van der Waals surface area contributed by atoms with E-state index in [0.717, 1.165) is 63.0 Å². The Morgan fingerprint density at radius 3 is 1.29 bits per heavy atom. The molecule has 192 valence electrons. The molecule has 1 aliphatic carbocycles. The van der Waals surface area contributed by atoms with E-state index in [4.69, 9.17) is 0 Å². The van der Waals surface area contributed by atoms with Crippen LogP contribution in [0.2, 0.25) is 0 Å². The SMILES string of the molecule is O=C1c2cccc(NCCCCc3ccccc3)c2C(=O)c2cccc(NCCCCc3ccccc3)c21. The molecule has 0 saturated carbocycles. The number of ketones is 2. The highest BCUT2D eigenvalue weighted by atomic mass is 16.1. The molecule has 0 aromatic heterocycles. The number of fused-ring (bicyclic) bond motifs is 2. The second-order valence-corrected chi connectivity index (χ2v) is 9.85. The van der Waals surface area contributed by atoms with Crippen LogP contribution >= 0.6 is 0 Å². The maximum Gasteiger partial charge on any atom is 0.196 e. The third-order valence-electron chi connectivity index (χ3n) is 7.17. The van der Waals surface area contributed by atoms with Crippen molar-refractivity contribution >= 4 is 22.9 Å². The summed E-state index contributed by atoms with van der Waals surface area (Å²) in [7, 11) is 0. The van der Waals surface area contributed by atoms with Crippen molar-refractivity contribution in [2.45, 2.75) is 38.5 Å². The molecule has 5 rings (SSSR count). The maximum absolute atomic E-state index is 13.6. The van der Waals surface area contributed by atoms with E-state index < -0.39 is 0 Å². The molecular formula is C34H34N2O2. The van der Waals surface area contributed by atoms with Gasteiger partial charge in [-0.2, -0.15) is 0 Å². The fraction of sp³-hybridized carbons (Fsp3) is 0.235. The molecule has 0 atom stereocenters. The van der Waals surface area contributed by atoms with Crippen LogP contribution in [0.4, 0.5) is 11.4 Å². The standard InChI is InChI=1S/C34H34N2O2/c37-33-28-20-12-22-30(36-24-10-8-18-26-15-5-2-6-16-26)32(28)34(38)27-19-11-21-29(31(27)33)35-23-9-7-17-25-13-3-1-4-14-25/h1-6,11-16,19-22,35-36H,7-10,17-18,23-24H2. The molecule has 1 aliphatic rings. The van der Waals surface area contributed by atoms with Gasteiger partial charge in [0.15, 0.2) is 11.6 Å². The zero-order chi connectivity index (χ0) is 26.2. The number of hydrogen-bond acceptors (Lipinski definition) is 4. The van der Waals surface area contributed by atoms with Gasteiger partial charge in [-0.05, 0) is 61.8 Å². The van der Waals surface area contributed by atoms with Gasteiger partial charge in [0.05, 0.1) is 11.1 Å². The van der Waals surface area contributed by atoms with Crippen molar-refractivity contribution in [2.24, 2.45) is 0 Å². The summed E-state index contributed by atoms with van der Waals surface area (Å²) in [5, 5.41) is 6.86. The van der Waals surface area contributed by atoms with Crippen molar-refractivity contribution in [3.63, 3.8) is 0 Å². The number of carbonyl (C=O) groups excluding carboxylic acids is 2.